The van der Waals surface area contributed by atoms with Gasteiger partial charge in [0.15, 0.2) is 6.61 Å². The monoisotopic (exact) mass is 325 g/mol. The van der Waals surface area contributed by atoms with Gasteiger partial charge in [-0.05, 0) is 31.0 Å². The van der Waals surface area contributed by atoms with Crippen LogP contribution in [0.5, 0.6) is 0 Å². The van der Waals surface area contributed by atoms with Gasteiger partial charge in [0.05, 0.1) is 0 Å². The summed E-state index contributed by atoms with van der Waals surface area (Å²) in [5.74, 6) is -0.879. The molecule has 0 bridgehead atoms. The molecule has 0 spiro atoms. The number of carbonyl (C=O) groups is 2. The van der Waals surface area contributed by atoms with Crippen LogP contribution in [0.1, 0.15) is 18.9 Å². The first-order valence-electron chi connectivity index (χ1n) is 5.92. The Bertz CT molecular complexity index is 497. The van der Waals surface area contributed by atoms with Gasteiger partial charge in [-0.15, -0.1) is 0 Å². The maximum atomic E-state index is 11.6. The Balaban J connectivity index is 2.45. The number of allylic oxidation sites excluding steroid dienone is 1. The Hall–Kier alpha value is -1.62. The molecule has 0 atom stereocenters. The summed E-state index contributed by atoms with van der Waals surface area (Å²) < 4.78 is 5.69. The number of carbonyl (C=O) groups excluding carboxylic acids is 2. The molecule has 0 saturated carbocycles. The van der Waals surface area contributed by atoms with Gasteiger partial charge in [0.2, 0.25) is 0 Å². The fourth-order valence-corrected chi connectivity index (χ4v) is 1.65. The maximum Gasteiger partial charge on any atom is 0.330 e. The van der Waals surface area contributed by atoms with Gasteiger partial charge in [-0.2, -0.15) is 0 Å². The minimum absolute atomic E-state index is 0.293. The Labute approximate surface area is 121 Å². The summed E-state index contributed by atoms with van der Waals surface area (Å²) in [7, 11) is 0. The second-order valence-electron chi connectivity index (χ2n) is 3.93. The number of rotatable bonds is 5. The number of anilines is 1. The van der Waals surface area contributed by atoms with E-state index in [9.17, 15) is 9.59 Å². The number of hydrogen-bond acceptors (Lipinski definition) is 3. The number of halogens is 1. The van der Waals surface area contributed by atoms with E-state index in [0.29, 0.717) is 5.69 Å². The highest BCUT2D eigenvalue weighted by Gasteiger charge is 2.06. The van der Waals surface area contributed by atoms with Crippen LogP contribution in [0.15, 0.2) is 34.8 Å². The summed E-state index contributed by atoms with van der Waals surface area (Å²) >= 11 is 3.38. The lowest BCUT2D eigenvalue weighted by Gasteiger charge is -2.07. The largest absolute Gasteiger partial charge is 0.452 e. The van der Waals surface area contributed by atoms with E-state index in [-0.39, 0.29) is 12.5 Å². The zero-order valence-electron chi connectivity index (χ0n) is 10.9. The number of aryl methyl sites for hydroxylation is 1. The Morgan fingerprint density at radius 1 is 1.42 bits per heavy atom. The average Bonchev–Trinajstić information content (AvgIpc) is 2.38. The van der Waals surface area contributed by atoms with Crippen molar-refractivity contribution >= 4 is 33.5 Å². The number of amides is 1. The van der Waals surface area contributed by atoms with Crippen molar-refractivity contribution in [3.05, 3.63) is 40.4 Å². The molecule has 0 radical (unpaired) electrons. The molecule has 0 heterocycles. The Morgan fingerprint density at radius 3 is 2.79 bits per heavy atom. The van der Waals surface area contributed by atoms with Crippen LogP contribution in [0.25, 0.3) is 0 Å². The summed E-state index contributed by atoms with van der Waals surface area (Å²) in [6.07, 6.45) is 3.74. The summed E-state index contributed by atoms with van der Waals surface area (Å²) in [4.78, 5) is 22.7. The number of esters is 1. The molecule has 1 N–H and O–H groups in total. The average molecular weight is 326 g/mol. The third-order valence-electron chi connectivity index (χ3n) is 2.29. The highest BCUT2D eigenvalue weighted by molar-refractivity contribution is 9.10. The van der Waals surface area contributed by atoms with Crippen molar-refractivity contribution < 1.29 is 14.3 Å². The van der Waals surface area contributed by atoms with Gasteiger partial charge in [-0.25, -0.2) is 4.79 Å². The quantitative estimate of drug-likeness (QED) is 0.668. The maximum absolute atomic E-state index is 11.6. The van der Waals surface area contributed by atoms with Crippen molar-refractivity contribution in [1.82, 2.24) is 0 Å². The predicted octanol–water partition coefficient (Wildman–Crippen LogP) is 3.21. The summed E-state index contributed by atoms with van der Waals surface area (Å²) in [5, 5.41) is 2.65. The van der Waals surface area contributed by atoms with Gasteiger partial charge >= 0.3 is 5.97 Å². The third kappa shape index (κ3) is 5.70. The van der Waals surface area contributed by atoms with E-state index < -0.39 is 5.97 Å². The van der Waals surface area contributed by atoms with Gasteiger partial charge < -0.3 is 10.1 Å². The molecule has 1 aromatic carbocycles. The van der Waals surface area contributed by atoms with Crippen LogP contribution >= 0.6 is 15.9 Å². The molecule has 1 amide bonds. The fraction of sp³-hybridized carbons (Fsp3) is 0.286. The first kappa shape index (κ1) is 15.4. The molecule has 1 aromatic rings. The Kier molecular flexibility index (Phi) is 6.29. The fourth-order valence-electron chi connectivity index (χ4n) is 1.27. The smallest absolute Gasteiger partial charge is 0.330 e. The molecule has 0 fully saturated rings. The number of nitrogens with one attached hydrogen (secondary N) is 1. The third-order valence-corrected chi connectivity index (χ3v) is 3.15. The first-order valence-corrected chi connectivity index (χ1v) is 6.71. The van der Waals surface area contributed by atoms with Crippen molar-refractivity contribution in [2.45, 2.75) is 20.3 Å². The van der Waals surface area contributed by atoms with Crippen LogP contribution in [0, 0.1) is 6.92 Å². The number of hydrogen-bond donors (Lipinski definition) is 1. The molecule has 102 valence electrons. The van der Waals surface area contributed by atoms with Crippen molar-refractivity contribution in [3.63, 3.8) is 0 Å². The van der Waals surface area contributed by atoms with Crippen molar-refractivity contribution in [2.24, 2.45) is 0 Å². The molecule has 4 nitrogen and oxygen atoms in total. The van der Waals surface area contributed by atoms with Gasteiger partial charge in [0.1, 0.15) is 0 Å². The lowest BCUT2D eigenvalue weighted by Crippen LogP contribution is -2.20. The van der Waals surface area contributed by atoms with E-state index in [1.54, 1.807) is 18.2 Å². The molecule has 19 heavy (non-hydrogen) atoms. The van der Waals surface area contributed by atoms with Gasteiger partial charge in [-0.3, -0.25) is 4.79 Å². The minimum atomic E-state index is -0.512. The molecule has 0 aliphatic carbocycles. The normalized spacial score (nSPS) is 10.5. The number of ether oxygens (including phenoxy) is 1. The zero-order valence-corrected chi connectivity index (χ0v) is 12.5. The van der Waals surface area contributed by atoms with Gasteiger partial charge in [0.25, 0.3) is 5.91 Å². The summed E-state index contributed by atoms with van der Waals surface area (Å²) in [5.41, 5.74) is 1.73. The highest BCUT2D eigenvalue weighted by atomic mass is 79.9. The predicted molar refractivity (Wildman–Crippen MR) is 77.9 cm³/mol. The van der Waals surface area contributed by atoms with Crippen molar-refractivity contribution in [1.29, 1.82) is 0 Å². The lowest BCUT2D eigenvalue weighted by atomic mass is 10.2. The second kappa shape index (κ2) is 7.74. The van der Waals surface area contributed by atoms with Gasteiger partial charge in [0, 0.05) is 16.2 Å². The lowest BCUT2D eigenvalue weighted by molar-refractivity contribution is -0.142. The van der Waals surface area contributed by atoms with E-state index in [2.05, 4.69) is 21.2 Å². The summed E-state index contributed by atoms with van der Waals surface area (Å²) in [6.45, 7) is 3.57. The molecular formula is C14H16BrNO3. The molecule has 1 rings (SSSR count). The van der Waals surface area contributed by atoms with E-state index >= 15 is 0 Å². The second-order valence-corrected chi connectivity index (χ2v) is 4.78. The van der Waals surface area contributed by atoms with Gasteiger partial charge in [-0.1, -0.05) is 35.0 Å². The summed E-state index contributed by atoms with van der Waals surface area (Å²) in [6, 6.07) is 5.47. The molecular weight excluding hydrogens is 310 g/mol. The molecule has 0 unspecified atom stereocenters. The molecule has 0 aliphatic rings. The van der Waals surface area contributed by atoms with E-state index in [0.717, 1.165) is 16.5 Å². The SMILES string of the molecule is CC/C=C/C(=O)OCC(=O)Nc1ccc(C)c(Br)c1. The van der Waals surface area contributed by atoms with Crippen LogP contribution in [0.2, 0.25) is 0 Å². The minimum Gasteiger partial charge on any atom is -0.452 e. The van der Waals surface area contributed by atoms with E-state index in [1.807, 2.05) is 19.9 Å². The molecule has 0 aliphatic heterocycles. The molecule has 0 aromatic heterocycles. The molecule has 5 heteroatoms. The highest BCUT2D eigenvalue weighted by Crippen LogP contribution is 2.20. The Morgan fingerprint density at radius 2 is 2.16 bits per heavy atom. The van der Waals surface area contributed by atoms with Crippen LogP contribution in [0.3, 0.4) is 0 Å². The number of benzene rings is 1. The first-order chi connectivity index (χ1) is 9.02. The zero-order chi connectivity index (χ0) is 14.3. The van der Waals surface area contributed by atoms with E-state index in [1.165, 1.54) is 6.08 Å². The topological polar surface area (TPSA) is 55.4 Å². The van der Waals surface area contributed by atoms with Crippen molar-refractivity contribution in [2.75, 3.05) is 11.9 Å². The van der Waals surface area contributed by atoms with Crippen LogP contribution in [0.4, 0.5) is 5.69 Å². The van der Waals surface area contributed by atoms with Crippen molar-refractivity contribution in [3.8, 4) is 0 Å². The molecule has 0 saturated heterocycles. The van der Waals surface area contributed by atoms with Crippen LogP contribution in [-0.2, 0) is 14.3 Å². The standard InChI is InChI=1S/C14H16BrNO3/c1-3-4-5-14(18)19-9-13(17)16-11-7-6-10(2)12(15)8-11/h4-8H,3,9H2,1-2H3,(H,16,17)/b5-4+. The van der Waals surface area contributed by atoms with Crippen LogP contribution < -0.4 is 5.32 Å². The van der Waals surface area contributed by atoms with E-state index in [4.69, 9.17) is 4.74 Å². The van der Waals surface area contributed by atoms with Crippen LogP contribution in [-0.4, -0.2) is 18.5 Å².